The van der Waals surface area contributed by atoms with Crippen LogP contribution in [-0.2, 0) is 13.1 Å². The highest BCUT2D eigenvalue weighted by molar-refractivity contribution is 6.31. The molecule has 2 aliphatic rings. The predicted octanol–water partition coefficient (Wildman–Crippen LogP) is 3.53. The van der Waals surface area contributed by atoms with Crippen molar-refractivity contribution >= 4 is 29.2 Å². The Balaban J connectivity index is 1.32. The number of fused-ring (bicyclic) bond motifs is 3. The number of aryl methyl sites for hydroxylation is 2. The fourth-order valence-electron chi connectivity index (χ4n) is 4.55. The van der Waals surface area contributed by atoms with E-state index in [0.717, 1.165) is 34.7 Å². The monoisotopic (exact) mass is 469 g/mol. The van der Waals surface area contributed by atoms with E-state index in [9.17, 15) is 9.59 Å². The fraction of sp³-hybridized carbons (Fsp3) is 0.391. The molecule has 1 atom stereocenters. The van der Waals surface area contributed by atoms with E-state index in [1.54, 1.807) is 21.5 Å². The van der Waals surface area contributed by atoms with Crippen LogP contribution in [0.2, 0.25) is 5.02 Å². The molecule has 0 saturated carbocycles. The Morgan fingerprint density at radius 3 is 2.76 bits per heavy atom. The Bertz CT molecular complexity index is 1270. The van der Waals surface area contributed by atoms with Gasteiger partial charge in [-0.05, 0) is 32.4 Å². The quantitative estimate of drug-likeness (QED) is 0.627. The topological polar surface area (TPSA) is 100 Å². The highest BCUT2D eigenvalue weighted by Crippen LogP contribution is 2.31. The van der Waals surface area contributed by atoms with Crippen LogP contribution in [0, 0.1) is 19.8 Å². The molecule has 0 spiro atoms. The predicted molar refractivity (Wildman–Crippen MR) is 121 cm³/mol. The maximum Gasteiger partial charge on any atom is 0.407 e. The third-order valence-electron chi connectivity index (χ3n) is 6.39. The van der Waals surface area contributed by atoms with Crippen molar-refractivity contribution in [2.75, 3.05) is 19.7 Å². The van der Waals surface area contributed by atoms with E-state index in [-0.39, 0.29) is 11.8 Å². The number of hydrogen-bond acceptors (Lipinski definition) is 5. The lowest BCUT2D eigenvalue weighted by Crippen LogP contribution is -2.28. The van der Waals surface area contributed by atoms with Crippen LogP contribution >= 0.6 is 11.6 Å². The number of para-hydroxylation sites is 1. The zero-order valence-electron chi connectivity index (χ0n) is 18.4. The average molecular weight is 470 g/mol. The van der Waals surface area contributed by atoms with Crippen LogP contribution in [0.1, 0.15) is 39.4 Å². The largest absolute Gasteiger partial charge is 0.492 e. The first kappa shape index (κ1) is 21.5. The normalized spacial score (nSPS) is 17.6. The van der Waals surface area contributed by atoms with Crippen molar-refractivity contribution in [1.82, 2.24) is 24.4 Å². The van der Waals surface area contributed by atoms with E-state index < -0.39 is 6.09 Å². The second-order valence-corrected chi connectivity index (χ2v) is 8.99. The van der Waals surface area contributed by atoms with Gasteiger partial charge in [0.05, 0.1) is 47.4 Å². The maximum absolute atomic E-state index is 13.4. The van der Waals surface area contributed by atoms with Crippen LogP contribution in [0.25, 0.3) is 5.65 Å². The lowest BCUT2D eigenvalue weighted by Gasteiger charge is -2.19. The van der Waals surface area contributed by atoms with Crippen molar-refractivity contribution < 1.29 is 19.4 Å². The first-order valence-electron chi connectivity index (χ1n) is 10.9. The summed E-state index contributed by atoms with van der Waals surface area (Å²) >= 11 is 6.32. The van der Waals surface area contributed by atoms with Crippen LogP contribution in [0.15, 0.2) is 24.3 Å². The molecule has 2 aliphatic heterocycles. The smallest absolute Gasteiger partial charge is 0.407 e. The minimum Gasteiger partial charge on any atom is -0.492 e. The second kappa shape index (κ2) is 8.22. The number of carboxylic acid groups (broad SMARTS) is 1. The Kier molecular flexibility index (Phi) is 5.36. The molecule has 0 aliphatic carbocycles. The number of aromatic nitrogens is 3. The number of rotatable bonds is 4. The van der Waals surface area contributed by atoms with Gasteiger partial charge in [-0.1, -0.05) is 23.7 Å². The van der Waals surface area contributed by atoms with Crippen LogP contribution in [0.4, 0.5) is 4.79 Å². The van der Waals surface area contributed by atoms with E-state index in [4.69, 9.17) is 21.4 Å². The third kappa shape index (κ3) is 3.76. The standard InChI is InChI=1S/C23H24ClN5O4/c1-13-20(24)14(2)29-21(25-13)17-10-28(11-18(17)26-29)22(30)16-5-3-4-6-19(16)33-12-15-7-8-27(9-15)23(31)32/h3-6,15H,7-12H2,1-2H3,(H,31,32). The molecule has 1 fully saturated rings. The van der Waals surface area contributed by atoms with Gasteiger partial charge in [-0.3, -0.25) is 4.79 Å². The number of nitrogens with zero attached hydrogens (tertiary/aromatic N) is 5. The van der Waals surface area contributed by atoms with Gasteiger partial charge in [0.15, 0.2) is 5.65 Å². The van der Waals surface area contributed by atoms with Crippen LogP contribution < -0.4 is 4.74 Å². The number of hydrogen-bond donors (Lipinski definition) is 1. The molecule has 3 aromatic rings. The molecule has 0 radical (unpaired) electrons. The van der Waals surface area contributed by atoms with Crippen LogP contribution in [0.5, 0.6) is 5.75 Å². The number of carbonyl (C=O) groups is 2. The van der Waals surface area contributed by atoms with Gasteiger partial charge in [0.2, 0.25) is 0 Å². The lowest BCUT2D eigenvalue weighted by atomic mass is 10.1. The van der Waals surface area contributed by atoms with Gasteiger partial charge in [0, 0.05) is 24.6 Å². The summed E-state index contributed by atoms with van der Waals surface area (Å²) in [5.41, 5.74) is 4.53. The molecule has 4 heterocycles. The highest BCUT2D eigenvalue weighted by Gasteiger charge is 2.32. The molecule has 2 amide bonds. The Hall–Kier alpha value is -3.33. The first-order valence-corrected chi connectivity index (χ1v) is 11.2. The Labute approximate surface area is 195 Å². The number of halogens is 1. The summed E-state index contributed by atoms with van der Waals surface area (Å²) < 4.78 is 7.74. The molecule has 10 heteroatoms. The van der Waals surface area contributed by atoms with Crippen LogP contribution in [-0.4, -0.2) is 61.2 Å². The van der Waals surface area contributed by atoms with Crippen molar-refractivity contribution in [3.8, 4) is 5.75 Å². The number of likely N-dealkylation sites (tertiary alicyclic amines) is 1. The van der Waals surface area contributed by atoms with Gasteiger partial charge < -0.3 is 19.6 Å². The van der Waals surface area contributed by atoms with Gasteiger partial charge >= 0.3 is 6.09 Å². The zero-order valence-corrected chi connectivity index (χ0v) is 19.2. The van der Waals surface area contributed by atoms with E-state index in [0.29, 0.717) is 49.1 Å². The van der Waals surface area contributed by atoms with E-state index in [1.807, 2.05) is 26.0 Å². The maximum atomic E-state index is 13.4. The van der Waals surface area contributed by atoms with Crippen molar-refractivity contribution in [2.45, 2.75) is 33.4 Å². The van der Waals surface area contributed by atoms with E-state index >= 15 is 0 Å². The van der Waals surface area contributed by atoms with Gasteiger partial charge in [0.25, 0.3) is 5.91 Å². The summed E-state index contributed by atoms with van der Waals surface area (Å²) in [6.07, 6.45) is -0.158. The summed E-state index contributed by atoms with van der Waals surface area (Å²) in [6, 6.07) is 7.17. The number of ether oxygens (including phenoxy) is 1. The molecule has 1 unspecified atom stereocenters. The summed E-state index contributed by atoms with van der Waals surface area (Å²) in [7, 11) is 0. The molecule has 33 heavy (non-hydrogen) atoms. The molecule has 0 bridgehead atoms. The Morgan fingerprint density at radius 2 is 2.00 bits per heavy atom. The highest BCUT2D eigenvalue weighted by atomic mass is 35.5. The molecule has 1 N–H and O–H groups in total. The molecule has 1 saturated heterocycles. The lowest BCUT2D eigenvalue weighted by molar-refractivity contribution is 0.0744. The van der Waals surface area contributed by atoms with E-state index in [1.165, 1.54) is 4.90 Å². The second-order valence-electron chi connectivity index (χ2n) is 8.61. The van der Waals surface area contributed by atoms with Crippen molar-refractivity contribution in [3.05, 3.63) is 57.5 Å². The SMILES string of the molecule is Cc1nc2c3c(nn2c(C)c1Cl)CN(C(=O)c1ccccc1OCC1CCN(C(=O)O)C1)C3. The fourth-order valence-corrected chi connectivity index (χ4v) is 4.67. The summed E-state index contributed by atoms with van der Waals surface area (Å²) in [5.74, 6) is 0.479. The van der Waals surface area contributed by atoms with Crippen molar-refractivity contribution in [1.29, 1.82) is 0 Å². The first-order chi connectivity index (χ1) is 15.8. The average Bonchev–Trinajstić information content (AvgIpc) is 3.51. The van der Waals surface area contributed by atoms with Gasteiger partial charge in [-0.15, -0.1) is 0 Å². The summed E-state index contributed by atoms with van der Waals surface area (Å²) in [5, 5.41) is 14.4. The summed E-state index contributed by atoms with van der Waals surface area (Å²) in [6.45, 7) is 5.89. The van der Waals surface area contributed by atoms with Gasteiger partial charge in [-0.25, -0.2) is 14.3 Å². The molecule has 5 rings (SSSR count). The van der Waals surface area contributed by atoms with Crippen molar-refractivity contribution in [2.24, 2.45) is 5.92 Å². The minimum absolute atomic E-state index is 0.109. The van der Waals surface area contributed by atoms with Crippen molar-refractivity contribution in [3.63, 3.8) is 0 Å². The van der Waals surface area contributed by atoms with Gasteiger partial charge in [-0.2, -0.15) is 5.10 Å². The zero-order chi connectivity index (χ0) is 23.3. The summed E-state index contributed by atoms with van der Waals surface area (Å²) in [4.78, 5) is 32.3. The number of carbonyl (C=O) groups excluding carboxylic acids is 1. The molecular weight excluding hydrogens is 446 g/mol. The third-order valence-corrected chi connectivity index (χ3v) is 6.94. The molecule has 1 aromatic carbocycles. The number of amides is 2. The minimum atomic E-state index is -0.907. The van der Waals surface area contributed by atoms with Crippen LogP contribution in [0.3, 0.4) is 0 Å². The van der Waals surface area contributed by atoms with Gasteiger partial charge in [0.1, 0.15) is 5.75 Å². The van der Waals surface area contributed by atoms with E-state index in [2.05, 4.69) is 10.1 Å². The molecule has 172 valence electrons. The molecule has 9 nitrogen and oxygen atoms in total. The number of benzene rings is 1. The Morgan fingerprint density at radius 1 is 1.21 bits per heavy atom. The molecule has 2 aromatic heterocycles. The molecular formula is C23H24ClN5O4.